The molecule has 0 unspecified atom stereocenters. The van der Waals surface area contributed by atoms with Crippen molar-refractivity contribution >= 4 is 18.0 Å². The van der Waals surface area contributed by atoms with Gasteiger partial charge in [0.2, 0.25) is 0 Å². The van der Waals surface area contributed by atoms with Crippen LogP contribution in [0.3, 0.4) is 0 Å². The molecule has 0 radical (unpaired) electrons. The van der Waals surface area contributed by atoms with E-state index in [4.69, 9.17) is 10.2 Å². The Morgan fingerprint density at radius 2 is 1.11 bits per heavy atom. The van der Waals surface area contributed by atoms with Gasteiger partial charge in [0.05, 0.1) is 0 Å². The van der Waals surface area contributed by atoms with E-state index in [0.29, 0.717) is 38.8 Å². The summed E-state index contributed by atoms with van der Waals surface area (Å²) in [6.07, 6.45) is 2.54. The van der Waals surface area contributed by atoms with Crippen molar-refractivity contribution in [3.05, 3.63) is 0 Å². The maximum Gasteiger partial charge on any atom is 0.314 e. The quantitative estimate of drug-likeness (QED) is 0.433. The highest BCUT2D eigenvalue weighted by molar-refractivity contribution is 5.73. The van der Waals surface area contributed by atoms with Gasteiger partial charge in [-0.25, -0.2) is 4.79 Å². The molecule has 0 aliphatic heterocycles. The number of urea groups is 1. The monoisotopic (exact) mass is 260 g/mol. The van der Waals surface area contributed by atoms with Crippen LogP contribution in [0.15, 0.2) is 0 Å². The number of unbranched alkanes of at least 4 members (excludes halogenated alkanes) is 2. The number of carbonyl (C=O) groups excluding carboxylic acids is 1. The van der Waals surface area contributed by atoms with Crippen LogP contribution in [0.25, 0.3) is 0 Å². The fraction of sp³-hybridized carbons (Fsp3) is 0.727. The maximum absolute atomic E-state index is 11.2. The number of amides is 2. The van der Waals surface area contributed by atoms with Gasteiger partial charge in [0.1, 0.15) is 0 Å². The van der Waals surface area contributed by atoms with Crippen molar-refractivity contribution in [2.24, 2.45) is 0 Å². The third kappa shape index (κ3) is 12.3. The van der Waals surface area contributed by atoms with Gasteiger partial charge in [0.25, 0.3) is 0 Å². The number of rotatable bonds is 10. The second kappa shape index (κ2) is 10.4. The van der Waals surface area contributed by atoms with Crippen LogP contribution in [-0.4, -0.2) is 41.3 Å². The number of aliphatic carboxylic acids is 2. The molecule has 0 aliphatic carbocycles. The Balaban J connectivity index is 3.27. The second-order valence-electron chi connectivity index (χ2n) is 3.88. The van der Waals surface area contributed by atoms with Gasteiger partial charge in [-0.2, -0.15) is 0 Å². The van der Waals surface area contributed by atoms with Crippen molar-refractivity contribution in [3.63, 3.8) is 0 Å². The average Bonchev–Trinajstić information content (AvgIpc) is 2.27. The molecule has 0 rings (SSSR count). The third-order valence-corrected chi connectivity index (χ3v) is 2.21. The molecule has 0 bridgehead atoms. The Hall–Kier alpha value is -1.79. The number of carboxylic acids is 2. The zero-order valence-electron chi connectivity index (χ0n) is 10.3. The van der Waals surface area contributed by atoms with Crippen molar-refractivity contribution in [1.29, 1.82) is 0 Å². The average molecular weight is 260 g/mol. The van der Waals surface area contributed by atoms with Gasteiger partial charge in [-0.05, 0) is 25.7 Å². The molecule has 0 heterocycles. The van der Waals surface area contributed by atoms with Crippen LogP contribution in [0, 0.1) is 0 Å². The number of carboxylic acid groups (broad SMARTS) is 2. The van der Waals surface area contributed by atoms with Crippen LogP contribution in [0.5, 0.6) is 0 Å². The first kappa shape index (κ1) is 16.2. The molecule has 0 aliphatic rings. The van der Waals surface area contributed by atoms with Crippen LogP contribution in [0.2, 0.25) is 0 Å². The van der Waals surface area contributed by atoms with Gasteiger partial charge < -0.3 is 20.8 Å². The van der Waals surface area contributed by atoms with Gasteiger partial charge in [-0.15, -0.1) is 0 Å². The van der Waals surface area contributed by atoms with E-state index in [1.54, 1.807) is 0 Å². The highest BCUT2D eigenvalue weighted by Crippen LogP contribution is 1.94. The topological polar surface area (TPSA) is 116 Å². The molecule has 7 nitrogen and oxygen atoms in total. The van der Waals surface area contributed by atoms with E-state index in [9.17, 15) is 14.4 Å². The van der Waals surface area contributed by atoms with Gasteiger partial charge >= 0.3 is 18.0 Å². The third-order valence-electron chi connectivity index (χ3n) is 2.21. The fourth-order valence-corrected chi connectivity index (χ4v) is 1.27. The van der Waals surface area contributed by atoms with E-state index < -0.39 is 11.9 Å². The molecule has 104 valence electrons. The molecule has 18 heavy (non-hydrogen) atoms. The summed E-state index contributed by atoms with van der Waals surface area (Å²) >= 11 is 0. The van der Waals surface area contributed by atoms with Crippen molar-refractivity contribution in [2.75, 3.05) is 13.1 Å². The molecule has 4 N–H and O–H groups in total. The summed E-state index contributed by atoms with van der Waals surface area (Å²) in [6, 6.07) is -0.305. The minimum absolute atomic E-state index is 0.110. The van der Waals surface area contributed by atoms with Crippen LogP contribution in [0.1, 0.15) is 38.5 Å². The number of hydrogen-bond acceptors (Lipinski definition) is 3. The van der Waals surface area contributed by atoms with E-state index in [2.05, 4.69) is 10.6 Å². The van der Waals surface area contributed by atoms with E-state index in [1.807, 2.05) is 0 Å². The van der Waals surface area contributed by atoms with E-state index in [1.165, 1.54) is 0 Å². The summed E-state index contributed by atoms with van der Waals surface area (Å²) in [5.41, 5.74) is 0. The molecular weight excluding hydrogens is 240 g/mol. The first-order valence-electron chi connectivity index (χ1n) is 5.97. The van der Waals surface area contributed by atoms with Gasteiger partial charge in [-0.3, -0.25) is 9.59 Å². The molecule has 0 aromatic carbocycles. The van der Waals surface area contributed by atoms with Crippen molar-refractivity contribution in [1.82, 2.24) is 10.6 Å². The lowest BCUT2D eigenvalue weighted by atomic mass is 10.2. The van der Waals surface area contributed by atoms with Crippen LogP contribution in [0.4, 0.5) is 4.79 Å². The van der Waals surface area contributed by atoms with E-state index in [0.717, 1.165) is 0 Å². The van der Waals surface area contributed by atoms with Crippen LogP contribution < -0.4 is 10.6 Å². The summed E-state index contributed by atoms with van der Waals surface area (Å²) in [4.78, 5) is 31.6. The van der Waals surface area contributed by atoms with E-state index >= 15 is 0 Å². The first-order chi connectivity index (χ1) is 8.52. The Bertz CT molecular complexity index is 255. The Morgan fingerprint density at radius 1 is 0.722 bits per heavy atom. The van der Waals surface area contributed by atoms with Crippen molar-refractivity contribution in [3.8, 4) is 0 Å². The summed E-state index contributed by atoms with van der Waals surface area (Å²) in [6.45, 7) is 0.877. The standard InChI is InChI=1S/C11H20N2O5/c14-9(15)5-1-3-7-12-11(18)13-8-4-2-6-10(16)17/h1-8H2,(H,14,15)(H,16,17)(H2,12,13,18). The SMILES string of the molecule is O=C(O)CCCCNC(=O)NCCCCC(=O)O. The highest BCUT2D eigenvalue weighted by Gasteiger charge is 2.01. The fourth-order valence-electron chi connectivity index (χ4n) is 1.27. The molecule has 2 amide bonds. The molecule has 0 aromatic heterocycles. The molecule has 0 spiro atoms. The van der Waals surface area contributed by atoms with Crippen molar-refractivity contribution in [2.45, 2.75) is 38.5 Å². The lowest BCUT2D eigenvalue weighted by Gasteiger charge is -2.06. The zero-order valence-corrected chi connectivity index (χ0v) is 10.3. The van der Waals surface area contributed by atoms with Gasteiger partial charge in [-0.1, -0.05) is 0 Å². The lowest BCUT2D eigenvalue weighted by Crippen LogP contribution is -2.36. The number of carbonyl (C=O) groups is 3. The molecule has 0 saturated heterocycles. The first-order valence-corrected chi connectivity index (χ1v) is 5.97. The lowest BCUT2D eigenvalue weighted by molar-refractivity contribution is -0.138. The zero-order chi connectivity index (χ0) is 13.8. The number of hydrogen-bond donors (Lipinski definition) is 4. The molecule has 0 fully saturated rings. The normalized spacial score (nSPS) is 9.78. The minimum atomic E-state index is -0.835. The van der Waals surface area contributed by atoms with Crippen LogP contribution >= 0.6 is 0 Å². The minimum Gasteiger partial charge on any atom is -0.481 e. The predicted molar refractivity (Wildman–Crippen MR) is 64.4 cm³/mol. The van der Waals surface area contributed by atoms with E-state index in [-0.39, 0.29) is 18.9 Å². The molecule has 7 heteroatoms. The highest BCUT2D eigenvalue weighted by atomic mass is 16.4. The van der Waals surface area contributed by atoms with Gasteiger partial charge in [0.15, 0.2) is 0 Å². The largest absolute Gasteiger partial charge is 0.481 e. The maximum atomic E-state index is 11.2. The summed E-state index contributed by atoms with van der Waals surface area (Å²) in [7, 11) is 0. The Labute approximate surface area is 106 Å². The Morgan fingerprint density at radius 3 is 1.44 bits per heavy atom. The smallest absolute Gasteiger partial charge is 0.314 e. The number of nitrogens with one attached hydrogen (secondary N) is 2. The molecule has 0 saturated carbocycles. The predicted octanol–water partition coefficient (Wildman–Crippen LogP) is 0.795. The Kier molecular flexibility index (Phi) is 9.34. The summed E-state index contributed by atoms with van der Waals surface area (Å²) in [5, 5.41) is 22.0. The summed E-state index contributed by atoms with van der Waals surface area (Å²) in [5.74, 6) is -1.67. The molecule has 0 aromatic rings. The van der Waals surface area contributed by atoms with Crippen molar-refractivity contribution < 1.29 is 24.6 Å². The molecule has 0 atom stereocenters. The summed E-state index contributed by atoms with van der Waals surface area (Å²) < 4.78 is 0. The van der Waals surface area contributed by atoms with Crippen LogP contribution in [-0.2, 0) is 9.59 Å². The molecular formula is C11H20N2O5. The second-order valence-corrected chi connectivity index (χ2v) is 3.88. The van der Waals surface area contributed by atoms with Gasteiger partial charge in [0, 0.05) is 25.9 Å².